The lowest BCUT2D eigenvalue weighted by molar-refractivity contribution is -0.130. The number of carbonyl (C=O) groups excluding carboxylic acids is 2. The van der Waals surface area contributed by atoms with Gasteiger partial charge in [0.05, 0.1) is 11.4 Å². The lowest BCUT2D eigenvalue weighted by atomic mass is 10.2. The fourth-order valence-corrected chi connectivity index (χ4v) is 2.48. The van der Waals surface area contributed by atoms with E-state index in [0.717, 1.165) is 5.69 Å². The van der Waals surface area contributed by atoms with E-state index < -0.39 is 0 Å². The van der Waals surface area contributed by atoms with Crippen molar-refractivity contribution in [3.63, 3.8) is 0 Å². The van der Waals surface area contributed by atoms with Crippen molar-refractivity contribution < 1.29 is 9.59 Å². The molecular weight excluding hydrogens is 258 g/mol. The summed E-state index contributed by atoms with van der Waals surface area (Å²) in [4.78, 5) is 27.3. The molecule has 1 aromatic heterocycles. The number of nitrogen functional groups attached to an aromatic ring is 1. The summed E-state index contributed by atoms with van der Waals surface area (Å²) in [5.74, 6) is -0.0641. The predicted octanol–water partition coefficient (Wildman–Crippen LogP) is -0.131. The molecule has 0 aliphatic carbocycles. The first-order valence-electron chi connectivity index (χ1n) is 6.81. The molecule has 110 valence electrons. The molecular formula is C13H21N5O2. The van der Waals surface area contributed by atoms with Crippen LogP contribution in [0.1, 0.15) is 30.0 Å². The van der Waals surface area contributed by atoms with Gasteiger partial charge in [-0.15, -0.1) is 0 Å². The standard InChI is InChI=1S/C13H21N5O2/c1-4-10-11(14)12(16(3)15-10)13(20)18-7-5-17(6-8-18)9(2)19/h4-8,14H2,1-3H3. The van der Waals surface area contributed by atoms with Gasteiger partial charge in [-0.25, -0.2) is 0 Å². The highest BCUT2D eigenvalue weighted by Crippen LogP contribution is 2.19. The van der Waals surface area contributed by atoms with Crippen molar-refractivity contribution in [2.24, 2.45) is 7.05 Å². The van der Waals surface area contributed by atoms with E-state index in [0.29, 0.717) is 44.0 Å². The Labute approximate surface area is 118 Å². The first kappa shape index (κ1) is 14.4. The van der Waals surface area contributed by atoms with Crippen LogP contribution in [0.15, 0.2) is 0 Å². The van der Waals surface area contributed by atoms with Gasteiger partial charge in [-0.05, 0) is 6.42 Å². The molecule has 2 rings (SSSR count). The summed E-state index contributed by atoms with van der Waals surface area (Å²) >= 11 is 0. The number of anilines is 1. The molecule has 2 N–H and O–H groups in total. The van der Waals surface area contributed by atoms with Crippen molar-refractivity contribution in [2.75, 3.05) is 31.9 Å². The lowest BCUT2D eigenvalue weighted by Crippen LogP contribution is -2.50. The van der Waals surface area contributed by atoms with Crippen LogP contribution in [0.5, 0.6) is 0 Å². The maximum absolute atomic E-state index is 12.5. The van der Waals surface area contributed by atoms with Gasteiger partial charge in [0.2, 0.25) is 5.91 Å². The monoisotopic (exact) mass is 279 g/mol. The first-order chi connectivity index (χ1) is 9.45. The Morgan fingerprint density at radius 1 is 1.20 bits per heavy atom. The van der Waals surface area contributed by atoms with Crippen LogP contribution in [0, 0.1) is 0 Å². The highest BCUT2D eigenvalue weighted by molar-refractivity contribution is 5.98. The van der Waals surface area contributed by atoms with Crippen molar-refractivity contribution in [1.29, 1.82) is 0 Å². The Kier molecular flexibility index (Phi) is 3.96. The molecule has 0 bridgehead atoms. The van der Waals surface area contributed by atoms with Crippen molar-refractivity contribution in [1.82, 2.24) is 19.6 Å². The van der Waals surface area contributed by atoms with Gasteiger partial charge in [-0.2, -0.15) is 5.10 Å². The van der Waals surface area contributed by atoms with Crippen molar-refractivity contribution in [2.45, 2.75) is 20.3 Å². The molecule has 0 radical (unpaired) electrons. The summed E-state index contributed by atoms with van der Waals surface area (Å²) in [6.45, 7) is 5.70. The molecule has 7 nitrogen and oxygen atoms in total. The predicted molar refractivity (Wildman–Crippen MR) is 75.2 cm³/mol. The van der Waals surface area contributed by atoms with E-state index in [1.54, 1.807) is 28.5 Å². The Bertz CT molecular complexity index is 529. The van der Waals surface area contributed by atoms with E-state index >= 15 is 0 Å². The summed E-state index contributed by atoms with van der Waals surface area (Å²) in [6, 6.07) is 0. The third-order valence-electron chi connectivity index (χ3n) is 3.71. The Balaban J connectivity index is 2.13. The van der Waals surface area contributed by atoms with Gasteiger partial charge < -0.3 is 15.5 Å². The van der Waals surface area contributed by atoms with Crippen LogP contribution in [0.2, 0.25) is 0 Å². The fourth-order valence-electron chi connectivity index (χ4n) is 2.48. The lowest BCUT2D eigenvalue weighted by Gasteiger charge is -2.34. The molecule has 20 heavy (non-hydrogen) atoms. The van der Waals surface area contributed by atoms with Crippen LogP contribution in [0.25, 0.3) is 0 Å². The zero-order valence-electron chi connectivity index (χ0n) is 12.2. The second-order valence-electron chi connectivity index (χ2n) is 4.98. The van der Waals surface area contributed by atoms with Gasteiger partial charge in [-0.1, -0.05) is 6.92 Å². The summed E-state index contributed by atoms with van der Waals surface area (Å²) < 4.78 is 1.55. The van der Waals surface area contributed by atoms with Gasteiger partial charge >= 0.3 is 0 Å². The quantitative estimate of drug-likeness (QED) is 0.817. The Hall–Kier alpha value is -2.05. The maximum Gasteiger partial charge on any atom is 0.274 e. The van der Waals surface area contributed by atoms with Crippen molar-refractivity contribution in [3.05, 3.63) is 11.4 Å². The first-order valence-corrected chi connectivity index (χ1v) is 6.81. The second-order valence-corrected chi connectivity index (χ2v) is 4.98. The van der Waals surface area contributed by atoms with E-state index in [-0.39, 0.29) is 11.8 Å². The second kappa shape index (κ2) is 5.52. The number of hydrogen-bond donors (Lipinski definition) is 1. The molecule has 0 atom stereocenters. The molecule has 2 heterocycles. The number of piperazine rings is 1. The highest BCUT2D eigenvalue weighted by Gasteiger charge is 2.27. The zero-order chi connectivity index (χ0) is 14.9. The smallest absolute Gasteiger partial charge is 0.274 e. The van der Waals surface area contributed by atoms with Crippen LogP contribution in [0.3, 0.4) is 0 Å². The molecule has 0 aromatic carbocycles. The maximum atomic E-state index is 12.5. The minimum absolute atomic E-state index is 0.0467. The molecule has 0 unspecified atom stereocenters. The highest BCUT2D eigenvalue weighted by atomic mass is 16.2. The Morgan fingerprint density at radius 2 is 1.75 bits per heavy atom. The van der Waals surface area contributed by atoms with Crippen LogP contribution in [-0.4, -0.2) is 57.6 Å². The van der Waals surface area contributed by atoms with Gasteiger partial charge in [0, 0.05) is 40.2 Å². The van der Waals surface area contributed by atoms with Crippen LogP contribution in [0.4, 0.5) is 5.69 Å². The number of nitrogens with two attached hydrogens (primary N) is 1. The van der Waals surface area contributed by atoms with Crippen LogP contribution < -0.4 is 5.73 Å². The zero-order valence-corrected chi connectivity index (χ0v) is 12.2. The average molecular weight is 279 g/mol. The fraction of sp³-hybridized carbons (Fsp3) is 0.615. The van der Waals surface area contributed by atoms with Gasteiger partial charge in [0.15, 0.2) is 0 Å². The molecule has 1 aliphatic heterocycles. The topological polar surface area (TPSA) is 84.5 Å². The van der Waals surface area contributed by atoms with Crippen molar-refractivity contribution >= 4 is 17.5 Å². The van der Waals surface area contributed by atoms with Gasteiger partial charge in [-0.3, -0.25) is 14.3 Å². The Morgan fingerprint density at radius 3 is 2.20 bits per heavy atom. The minimum atomic E-state index is -0.111. The molecule has 7 heteroatoms. The van der Waals surface area contributed by atoms with E-state index in [1.807, 2.05) is 6.92 Å². The summed E-state index contributed by atoms with van der Waals surface area (Å²) in [5, 5.41) is 4.27. The van der Waals surface area contributed by atoms with Crippen molar-refractivity contribution in [3.8, 4) is 0 Å². The number of hydrogen-bond acceptors (Lipinski definition) is 4. The summed E-state index contributed by atoms with van der Waals surface area (Å²) in [6.07, 6.45) is 0.699. The summed E-state index contributed by atoms with van der Waals surface area (Å²) in [5.41, 5.74) is 7.66. The number of aromatic nitrogens is 2. The SMILES string of the molecule is CCc1nn(C)c(C(=O)N2CCN(C(C)=O)CC2)c1N. The molecule has 1 saturated heterocycles. The normalized spacial score (nSPS) is 15.6. The largest absolute Gasteiger partial charge is 0.395 e. The average Bonchev–Trinajstić information content (AvgIpc) is 2.72. The molecule has 0 saturated carbocycles. The van der Waals surface area contributed by atoms with Crippen LogP contribution in [-0.2, 0) is 18.3 Å². The van der Waals surface area contributed by atoms with Gasteiger partial charge in [0.1, 0.15) is 5.69 Å². The number of carbonyl (C=O) groups is 2. The van der Waals surface area contributed by atoms with E-state index in [9.17, 15) is 9.59 Å². The number of aryl methyl sites for hydroxylation is 2. The molecule has 2 amide bonds. The molecule has 1 fully saturated rings. The van der Waals surface area contributed by atoms with E-state index in [4.69, 9.17) is 5.73 Å². The number of rotatable bonds is 2. The van der Waals surface area contributed by atoms with E-state index in [1.165, 1.54) is 0 Å². The number of amides is 2. The third-order valence-corrected chi connectivity index (χ3v) is 3.71. The molecule has 1 aliphatic rings. The molecule has 1 aromatic rings. The van der Waals surface area contributed by atoms with Crippen LogP contribution >= 0.6 is 0 Å². The summed E-state index contributed by atoms with van der Waals surface area (Å²) in [7, 11) is 1.73. The molecule has 0 spiro atoms. The minimum Gasteiger partial charge on any atom is -0.395 e. The van der Waals surface area contributed by atoms with Gasteiger partial charge in [0.25, 0.3) is 5.91 Å². The number of nitrogens with zero attached hydrogens (tertiary/aromatic N) is 4. The third kappa shape index (κ3) is 2.48. The van der Waals surface area contributed by atoms with E-state index in [2.05, 4.69) is 5.10 Å².